The van der Waals surface area contributed by atoms with Crippen molar-refractivity contribution in [3.63, 3.8) is 0 Å². The fourth-order valence-corrected chi connectivity index (χ4v) is 5.35. The maximum Gasteiger partial charge on any atom is 0.269 e. The topological polar surface area (TPSA) is 104 Å². The van der Waals surface area contributed by atoms with Gasteiger partial charge in [-0.15, -0.1) is 0 Å². The molecular formula is C23H27N3O5S. The van der Waals surface area contributed by atoms with Crippen LogP contribution < -0.4 is 5.32 Å². The van der Waals surface area contributed by atoms with Gasteiger partial charge in [0.1, 0.15) is 10.9 Å². The van der Waals surface area contributed by atoms with Crippen LogP contribution in [0.2, 0.25) is 0 Å². The average Bonchev–Trinajstić information content (AvgIpc) is 2.98. The molecule has 0 aliphatic carbocycles. The van der Waals surface area contributed by atoms with Crippen LogP contribution in [0, 0.1) is 0 Å². The van der Waals surface area contributed by atoms with Crippen LogP contribution in [-0.2, 0) is 26.2 Å². The molecule has 1 atom stereocenters. The Kier molecular flexibility index (Phi) is 7.29. The summed E-state index contributed by atoms with van der Waals surface area (Å²) in [5.41, 5.74) is 0.954. The van der Waals surface area contributed by atoms with Crippen molar-refractivity contribution in [2.45, 2.75) is 44.2 Å². The maximum absolute atomic E-state index is 13.2. The highest BCUT2D eigenvalue weighted by Crippen LogP contribution is 2.30. The van der Waals surface area contributed by atoms with E-state index in [0.29, 0.717) is 13.0 Å². The number of hydrogen-bond acceptors (Lipinski definition) is 5. The Labute approximate surface area is 188 Å². The first kappa shape index (κ1) is 23.5. The zero-order valence-corrected chi connectivity index (χ0v) is 19.0. The molecule has 0 saturated heterocycles. The lowest BCUT2D eigenvalue weighted by molar-refractivity contribution is -0.141. The van der Waals surface area contributed by atoms with E-state index in [1.54, 1.807) is 19.1 Å². The molecule has 3 rings (SSSR count). The predicted octanol–water partition coefficient (Wildman–Crippen LogP) is 2.16. The Hall–Kier alpha value is -3.20. The van der Waals surface area contributed by atoms with Gasteiger partial charge in [0.05, 0.1) is 5.56 Å². The molecule has 0 radical (unpaired) electrons. The van der Waals surface area contributed by atoms with Crippen molar-refractivity contribution in [1.29, 1.82) is 0 Å². The van der Waals surface area contributed by atoms with Crippen molar-refractivity contribution in [1.82, 2.24) is 14.5 Å². The molecule has 0 bridgehead atoms. The third-order valence-corrected chi connectivity index (χ3v) is 7.21. The van der Waals surface area contributed by atoms with Crippen molar-refractivity contribution >= 4 is 27.7 Å². The van der Waals surface area contributed by atoms with E-state index >= 15 is 0 Å². The van der Waals surface area contributed by atoms with Crippen LogP contribution in [-0.4, -0.2) is 54.5 Å². The van der Waals surface area contributed by atoms with E-state index < -0.39 is 27.9 Å². The van der Waals surface area contributed by atoms with E-state index in [1.807, 2.05) is 37.3 Å². The van der Waals surface area contributed by atoms with Crippen LogP contribution in [0.3, 0.4) is 0 Å². The molecule has 0 fully saturated rings. The van der Waals surface area contributed by atoms with Gasteiger partial charge in [0.2, 0.25) is 11.8 Å². The number of nitrogens with zero attached hydrogens (tertiary/aromatic N) is 2. The Morgan fingerprint density at radius 3 is 2.31 bits per heavy atom. The van der Waals surface area contributed by atoms with Crippen molar-refractivity contribution in [2.75, 3.05) is 13.1 Å². The summed E-state index contributed by atoms with van der Waals surface area (Å²) in [7, 11) is -3.99. The standard InChI is InChI=1S/C23H27N3O5S/c1-3-19(22(28)24-4-2)25(16-17-10-6-5-7-11-17)21(27)14-15-26-23(29)18-12-8-9-13-20(18)32(26,30)31/h5-13,19H,3-4,14-16H2,1-2H3,(H,24,28)/t19-/m1/s1. The summed E-state index contributed by atoms with van der Waals surface area (Å²) in [6.45, 7) is 3.97. The molecular weight excluding hydrogens is 430 g/mol. The predicted molar refractivity (Wildman–Crippen MR) is 119 cm³/mol. The monoisotopic (exact) mass is 457 g/mol. The summed E-state index contributed by atoms with van der Waals surface area (Å²) in [6, 6.07) is 14.6. The second-order valence-electron chi connectivity index (χ2n) is 7.45. The second-order valence-corrected chi connectivity index (χ2v) is 9.29. The number of likely N-dealkylation sites (N-methyl/N-ethyl adjacent to an activating group) is 1. The molecule has 1 heterocycles. The van der Waals surface area contributed by atoms with Gasteiger partial charge in [0, 0.05) is 26.1 Å². The Balaban J connectivity index is 1.81. The minimum Gasteiger partial charge on any atom is -0.355 e. The van der Waals surface area contributed by atoms with E-state index in [2.05, 4.69) is 5.32 Å². The van der Waals surface area contributed by atoms with Crippen molar-refractivity contribution in [3.05, 3.63) is 65.7 Å². The molecule has 2 aromatic carbocycles. The maximum atomic E-state index is 13.2. The number of carbonyl (C=O) groups excluding carboxylic acids is 3. The molecule has 32 heavy (non-hydrogen) atoms. The van der Waals surface area contributed by atoms with Gasteiger partial charge in [-0.25, -0.2) is 12.7 Å². The largest absolute Gasteiger partial charge is 0.355 e. The van der Waals surface area contributed by atoms with Crippen LogP contribution in [0.25, 0.3) is 0 Å². The summed E-state index contributed by atoms with van der Waals surface area (Å²) < 4.78 is 26.3. The first-order valence-electron chi connectivity index (χ1n) is 10.6. The van der Waals surface area contributed by atoms with Gasteiger partial charge in [-0.05, 0) is 31.0 Å². The van der Waals surface area contributed by atoms with E-state index in [1.165, 1.54) is 17.0 Å². The number of rotatable bonds is 9. The number of amides is 3. The molecule has 0 aromatic heterocycles. The zero-order valence-electron chi connectivity index (χ0n) is 18.2. The summed E-state index contributed by atoms with van der Waals surface area (Å²) >= 11 is 0. The number of hydrogen-bond donors (Lipinski definition) is 1. The first-order valence-corrected chi connectivity index (χ1v) is 12.0. The molecule has 0 spiro atoms. The van der Waals surface area contributed by atoms with Crippen LogP contribution in [0.1, 0.15) is 42.6 Å². The molecule has 170 valence electrons. The molecule has 0 unspecified atom stereocenters. The zero-order chi connectivity index (χ0) is 23.3. The summed E-state index contributed by atoms with van der Waals surface area (Å²) in [5.74, 6) is -1.30. The van der Waals surface area contributed by atoms with Crippen LogP contribution in [0.15, 0.2) is 59.5 Å². The van der Waals surface area contributed by atoms with Crippen molar-refractivity contribution < 1.29 is 22.8 Å². The Morgan fingerprint density at radius 1 is 1.03 bits per heavy atom. The van der Waals surface area contributed by atoms with Crippen LogP contribution in [0.4, 0.5) is 0 Å². The lowest BCUT2D eigenvalue weighted by Gasteiger charge is -2.31. The van der Waals surface area contributed by atoms with Gasteiger partial charge < -0.3 is 10.2 Å². The molecule has 2 aromatic rings. The Morgan fingerprint density at radius 2 is 1.69 bits per heavy atom. The molecule has 9 heteroatoms. The van der Waals surface area contributed by atoms with E-state index in [9.17, 15) is 22.8 Å². The molecule has 1 aliphatic rings. The second kappa shape index (κ2) is 9.95. The molecule has 1 N–H and O–H groups in total. The fraction of sp³-hybridized carbons (Fsp3) is 0.348. The van der Waals surface area contributed by atoms with E-state index in [0.717, 1.165) is 9.87 Å². The molecule has 1 aliphatic heterocycles. The normalized spacial score (nSPS) is 15.2. The number of sulfonamides is 1. The van der Waals surface area contributed by atoms with E-state index in [4.69, 9.17) is 0 Å². The molecule has 0 saturated carbocycles. The SMILES string of the molecule is CCNC(=O)[C@@H](CC)N(Cc1ccccc1)C(=O)CCN1C(=O)c2ccccc2S1(=O)=O. The van der Waals surface area contributed by atoms with Gasteiger partial charge in [-0.3, -0.25) is 14.4 Å². The van der Waals surface area contributed by atoms with Gasteiger partial charge in [0.15, 0.2) is 0 Å². The number of fused-ring (bicyclic) bond motifs is 1. The number of nitrogens with one attached hydrogen (secondary N) is 1. The lowest BCUT2D eigenvalue weighted by Crippen LogP contribution is -2.49. The summed E-state index contributed by atoms with van der Waals surface area (Å²) in [4.78, 5) is 39.9. The first-order chi connectivity index (χ1) is 15.3. The van der Waals surface area contributed by atoms with Gasteiger partial charge in [-0.2, -0.15) is 0 Å². The van der Waals surface area contributed by atoms with Crippen LogP contribution >= 0.6 is 0 Å². The van der Waals surface area contributed by atoms with E-state index in [-0.39, 0.29) is 35.9 Å². The fourth-order valence-electron chi connectivity index (χ4n) is 3.78. The van der Waals surface area contributed by atoms with Gasteiger partial charge in [-0.1, -0.05) is 49.4 Å². The van der Waals surface area contributed by atoms with Gasteiger partial charge in [0.25, 0.3) is 15.9 Å². The third-order valence-electron chi connectivity index (χ3n) is 5.37. The average molecular weight is 458 g/mol. The smallest absolute Gasteiger partial charge is 0.269 e. The van der Waals surface area contributed by atoms with Crippen molar-refractivity contribution in [3.8, 4) is 0 Å². The highest BCUT2D eigenvalue weighted by atomic mass is 32.2. The lowest BCUT2D eigenvalue weighted by atomic mass is 10.1. The highest BCUT2D eigenvalue weighted by molar-refractivity contribution is 7.90. The Bertz CT molecular complexity index is 1100. The minimum atomic E-state index is -3.99. The molecule has 8 nitrogen and oxygen atoms in total. The quantitative estimate of drug-likeness (QED) is 0.622. The number of benzene rings is 2. The van der Waals surface area contributed by atoms with Crippen molar-refractivity contribution in [2.24, 2.45) is 0 Å². The number of carbonyl (C=O) groups is 3. The van der Waals surface area contributed by atoms with Crippen LogP contribution in [0.5, 0.6) is 0 Å². The highest BCUT2D eigenvalue weighted by Gasteiger charge is 2.41. The summed E-state index contributed by atoms with van der Waals surface area (Å²) in [6.07, 6.45) is 0.179. The molecule has 3 amide bonds. The minimum absolute atomic E-state index is 0.0488. The van der Waals surface area contributed by atoms with Gasteiger partial charge >= 0.3 is 0 Å². The summed E-state index contributed by atoms with van der Waals surface area (Å²) in [5, 5.41) is 2.75. The third kappa shape index (κ3) is 4.67.